The topological polar surface area (TPSA) is 51.0 Å². The molecule has 1 aliphatic rings. The Kier molecular flexibility index (Phi) is 6.72. The molecule has 2 aromatic rings. The number of aromatic nitrogens is 3. The first kappa shape index (κ1) is 19.0. The van der Waals surface area contributed by atoms with Crippen molar-refractivity contribution in [3.8, 4) is 0 Å². The molecule has 1 atom stereocenters. The summed E-state index contributed by atoms with van der Waals surface area (Å²) in [5.74, 6) is 1.63. The number of hydrogen-bond donors (Lipinski definition) is 0. The zero-order chi connectivity index (χ0) is 18.4. The van der Waals surface area contributed by atoms with Crippen LogP contribution >= 0.6 is 11.8 Å². The first-order valence-corrected chi connectivity index (χ1v) is 10.6. The van der Waals surface area contributed by atoms with Crippen LogP contribution in [0, 0.1) is 0 Å². The van der Waals surface area contributed by atoms with Crippen LogP contribution in [0.3, 0.4) is 0 Å². The van der Waals surface area contributed by atoms with Crippen molar-refractivity contribution >= 4 is 17.7 Å². The molecule has 0 N–H and O–H groups in total. The maximum absolute atomic E-state index is 12.6. The Morgan fingerprint density at radius 3 is 2.77 bits per heavy atom. The standard InChI is InChI=1S/C20H28N4OS/c1-3-12-24-18(14-17-10-5-4-6-11-17)21-22-20(24)26-15-19(25)23-13-8-7-9-16(23)2/h4-6,10-11,16H,3,7-9,12-15H2,1-2H3/t16-/m0/s1. The van der Waals surface area contributed by atoms with Gasteiger partial charge < -0.3 is 9.47 Å². The molecule has 0 saturated carbocycles. The predicted octanol–water partition coefficient (Wildman–Crippen LogP) is 3.77. The van der Waals surface area contributed by atoms with Crippen molar-refractivity contribution in [2.24, 2.45) is 0 Å². The average Bonchev–Trinajstić information content (AvgIpc) is 3.03. The molecule has 2 heterocycles. The van der Waals surface area contributed by atoms with Gasteiger partial charge in [-0.2, -0.15) is 0 Å². The van der Waals surface area contributed by atoms with Gasteiger partial charge in [0.25, 0.3) is 0 Å². The van der Waals surface area contributed by atoms with Crippen molar-refractivity contribution in [3.63, 3.8) is 0 Å². The highest BCUT2D eigenvalue weighted by atomic mass is 32.2. The lowest BCUT2D eigenvalue weighted by atomic mass is 10.0. The van der Waals surface area contributed by atoms with Gasteiger partial charge in [-0.15, -0.1) is 10.2 Å². The van der Waals surface area contributed by atoms with Gasteiger partial charge in [0.1, 0.15) is 5.82 Å². The van der Waals surface area contributed by atoms with Gasteiger partial charge in [-0.3, -0.25) is 4.79 Å². The van der Waals surface area contributed by atoms with Crippen LogP contribution in [0.15, 0.2) is 35.5 Å². The van der Waals surface area contributed by atoms with Gasteiger partial charge in [0.2, 0.25) is 5.91 Å². The number of carbonyl (C=O) groups is 1. The fourth-order valence-electron chi connectivity index (χ4n) is 3.46. The van der Waals surface area contributed by atoms with Crippen LogP contribution in [0.4, 0.5) is 0 Å². The third kappa shape index (κ3) is 4.67. The molecule has 1 saturated heterocycles. The lowest BCUT2D eigenvalue weighted by molar-refractivity contribution is -0.131. The van der Waals surface area contributed by atoms with E-state index in [4.69, 9.17) is 0 Å². The minimum atomic E-state index is 0.220. The van der Waals surface area contributed by atoms with Gasteiger partial charge in [-0.1, -0.05) is 49.0 Å². The molecule has 26 heavy (non-hydrogen) atoms. The molecule has 5 nitrogen and oxygen atoms in total. The summed E-state index contributed by atoms with van der Waals surface area (Å²) in [7, 11) is 0. The molecule has 0 radical (unpaired) electrons. The minimum absolute atomic E-state index is 0.220. The maximum Gasteiger partial charge on any atom is 0.233 e. The second kappa shape index (κ2) is 9.21. The van der Waals surface area contributed by atoms with E-state index in [9.17, 15) is 4.79 Å². The van der Waals surface area contributed by atoms with E-state index in [0.717, 1.165) is 49.8 Å². The highest BCUT2D eigenvalue weighted by molar-refractivity contribution is 7.99. The summed E-state index contributed by atoms with van der Waals surface area (Å²) in [5, 5.41) is 9.63. The molecule has 0 unspecified atom stereocenters. The SMILES string of the molecule is CCCn1c(Cc2ccccc2)nnc1SCC(=O)N1CCCC[C@@H]1C. The summed E-state index contributed by atoms with van der Waals surface area (Å²) in [6.45, 7) is 6.08. The Labute approximate surface area is 160 Å². The van der Waals surface area contributed by atoms with E-state index in [-0.39, 0.29) is 5.91 Å². The molecular weight excluding hydrogens is 344 g/mol. The number of amides is 1. The van der Waals surface area contributed by atoms with Gasteiger partial charge in [0.05, 0.1) is 5.75 Å². The highest BCUT2D eigenvalue weighted by Gasteiger charge is 2.24. The quantitative estimate of drug-likeness (QED) is 0.694. The van der Waals surface area contributed by atoms with E-state index < -0.39 is 0 Å². The smallest absolute Gasteiger partial charge is 0.233 e. The highest BCUT2D eigenvalue weighted by Crippen LogP contribution is 2.22. The normalized spacial score (nSPS) is 17.5. The maximum atomic E-state index is 12.6. The molecule has 6 heteroatoms. The van der Waals surface area contributed by atoms with Crippen LogP contribution in [0.1, 0.15) is 50.9 Å². The lowest BCUT2D eigenvalue weighted by Gasteiger charge is -2.33. The number of nitrogens with zero attached hydrogens (tertiary/aromatic N) is 4. The molecular formula is C20H28N4OS. The van der Waals surface area contributed by atoms with Crippen molar-refractivity contribution < 1.29 is 4.79 Å². The van der Waals surface area contributed by atoms with Gasteiger partial charge in [-0.25, -0.2) is 0 Å². The molecule has 3 rings (SSSR count). The predicted molar refractivity (Wildman–Crippen MR) is 105 cm³/mol. The zero-order valence-corrected chi connectivity index (χ0v) is 16.5. The summed E-state index contributed by atoms with van der Waals surface area (Å²) < 4.78 is 2.17. The van der Waals surface area contributed by atoms with Crippen molar-refractivity contribution in [3.05, 3.63) is 41.7 Å². The van der Waals surface area contributed by atoms with Crippen LogP contribution in [0.5, 0.6) is 0 Å². The summed E-state index contributed by atoms with van der Waals surface area (Å²) in [5.41, 5.74) is 1.23. The summed E-state index contributed by atoms with van der Waals surface area (Å²) in [4.78, 5) is 14.6. The Bertz CT molecular complexity index is 716. The van der Waals surface area contributed by atoms with Crippen LogP contribution in [-0.2, 0) is 17.8 Å². The monoisotopic (exact) mass is 372 g/mol. The van der Waals surface area contributed by atoms with E-state index >= 15 is 0 Å². The van der Waals surface area contributed by atoms with Gasteiger partial charge in [0.15, 0.2) is 5.16 Å². The van der Waals surface area contributed by atoms with Crippen LogP contribution in [0.25, 0.3) is 0 Å². The minimum Gasteiger partial charge on any atom is -0.339 e. The van der Waals surface area contributed by atoms with E-state index in [1.807, 2.05) is 23.1 Å². The number of benzene rings is 1. The van der Waals surface area contributed by atoms with E-state index in [1.54, 1.807) is 0 Å². The molecule has 0 bridgehead atoms. The first-order chi connectivity index (χ1) is 12.7. The third-order valence-corrected chi connectivity index (χ3v) is 5.85. The number of hydrogen-bond acceptors (Lipinski definition) is 4. The van der Waals surface area contributed by atoms with Crippen molar-refractivity contribution in [1.82, 2.24) is 19.7 Å². The van der Waals surface area contributed by atoms with E-state index in [0.29, 0.717) is 11.8 Å². The van der Waals surface area contributed by atoms with E-state index in [1.165, 1.54) is 23.7 Å². The molecule has 0 spiro atoms. The first-order valence-electron chi connectivity index (χ1n) is 9.57. The van der Waals surface area contributed by atoms with Gasteiger partial charge in [0, 0.05) is 25.6 Å². The van der Waals surface area contributed by atoms with Crippen LogP contribution in [0.2, 0.25) is 0 Å². The van der Waals surface area contributed by atoms with Crippen molar-refractivity contribution in [1.29, 1.82) is 0 Å². The van der Waals surface area contributed by atoms with Crippen LogP contribution in [-0.4, -0.2) is 43.9 Å². The summed E-state index contributed by atoms with van der Waals surface area (Å²) >= 11 is 1.52. The van der Waals surface area contributed by atoms with Crippen molar-refractivity contribution in [2.75, 3.05) is 12.3 Å². The molecule has 1 amide bonds. The largest absolute Gasteiger partial charge is 0.339 e. The second-order valence-corrected chi connectivity index (χ2v) is 7.88. The molecule has 1 aliphatic heterocycles. The molecule has 0 aliphatic carbocycles. The van der Waals surface area contributed by atoms with Crippen LogP contribution < -0.4 is 0 Å². The van der Waals surface area contributed by atoms with Gasteiger partial charge in [-0.05, 0) is 38.2 Å². The van der Waals surface area contributed by atoms with E-state index in [2.05, 4.69) is 40.7 Å². The Morgan fingerprint density at radius 1 is 1.23 bits per heavy atom. The number of carbonyl (C=O) groups excluding carboxylic acids is 1. The molecule has 1 aromatic heterocycles. The fraction of sp³-hybridized carbons (Fsp3) is 0.550. The van der Waals surface area contributed by atoms with Gasteiger partial charge >= 0.3 is 0 Å². The second-order valence-electron chi connectivity index (χ2n) is 6.93. The Hall–Kier alpha value is -1.82. The molecule has 1 fully saturated rings. The Morgan fingerprint density at radius 2 is 2.04 bits per heavy atom. The number of thioether (sulfide) groups is 1. The number of likely N-dealkylation sites (tertiary alicyclic amines) is 1. The average molecular weight is 373 g/mol. The summed E-state index contributed by atoms with van der Waals surface area (Å²) in [6, 6.07) is 10.7. The summed E-state index contributed by atoms with van der Waals surface area (Å²) in [6.07, 6.45) is 5.25. The molecule has 140 valence electrons. The zero-order valence-electron chi connectivity index (χ0n) is 15.7. The Balaban J connectivity index is 1.66. The fourth-order valence-corrected chi connectivity index (χ4v) is 4.33. The third-order valence-electron chi connectivity index (χ3n) is 4.89. The van der Waals surface area contributed by atoms with Crippen molar-refractivity contribution in [2.45, 2.75) is 63.7 Å². The lowest BCUT2D eigenvalue weighted by Crippen LogP contribution is -2.43. The molecule has 1 aromatic carbocycles. The number of rotatable bonds is 7. The number of piperidine rings is 1.